The molecule has 0 aliphatic carbocycles. The van der Waals surface area contributed by atoms with E-state index in [2.05, 4.69) is 19.2 Å². The summed E-state index contributed by atoms with van der Waals surface area (Å²) in [6, 6.07) is 10.4. The van der Waals surface area contributed by atoms with Gasteiger partial charge in [0.2, 0.25) is 0 Å². The highest BCUT2D eigenvalue weighted by Crippen LogP contribution is 2.01. The summed E-state index contributed by atoms with van der Waals surface area (Å²) >= 11 is 0. The summed E-state index contributed by atoms with van der Waals surface area (Å²) in [5.74, 6) is 0. The fourth-order valence-corrected chi connectivity index (χ4v) is 1.57. The Hall–Kier alpha value is -0.940. The molecule has 1 unspecified atom stereocenters. The standard InChI is InChI=1S/C15H25NO3/c1-13(2)16-8-9-18-11-15(17)12-19-10-14-6-4-3-5-7-14/h3-7,13,15-17H,8-12H2,1-2H3. The Balaban J connectivity index is 1.97. The van der Waals surface area contributed by atoms with Crippen molar-refractivity contribution in [3.05, 3.63) is 35.9 Å². The van der Waals surface area contributed by atoms with Gasteiger partial charge in [-0.3, -0.25) is 0 Å². The zero-order valence-electron chi connectivity index (χ0n) is 11.8. The molecule has 1 aromatic rings. The van der Waals surface area contributed by atoms with Gasteiger partial charge in [-0.1, -0.05) is 44.2 Å². The first-order valence-corrected chi connectivity index (χ1v) is 6.79. The maximum atomic E-state index is 9.67. The second kappa shape index (κ2) is 9.92. The fraction of sp³-hybridized carbons (Fsp3) is 0.600. The van der Waals surface area contributed by atoms with Crippen LogP contribution in [0.2, 0.25) is 0 Å². The van der Waals surface area contributed by atoms with Gasteiger partial charge in [0.15, 0.2) is 0 Å². The van der Waals surface area contributed by atoms with Crippen LogP contribution in [-0.2, 0) is 16.1 Å². The molecule has 0 saturated heterocycles. The van der Waals surface area contributed by atoms with Crippen molar-refractivity contribution in [1.82, 2.24) is 5.32 Å². The molecule has 0 saturated carbocycles. The molecule has 1 atom stereocenters. The predicted molar refractivity (Wildman–Crippen MR) is 76.1 cm³/mol. The lowest BCUT2D eigenvalue weighted by Crippen LogP contribution is -2.29. The van der Waals surface area contributed by atoms with E-state index in [0.717, 1.165) is 12.1 Å². The lowest BCUT2D eigenvalue weighted by Gasteiger charge is -2.13. The molecule has 0 bridgehead atoms. The summed E-state index contributed by atoms with van der Waals surface area (Å²) in [4.78, 5) is 0. The molecule has 0 radical (unpaired) electrons. The Bertz CT molecular complexity index is 316. The third kappa shape index (κ3) is 8.72. The van der Waals surface area contributed by atoms with Crippen LogP contribution >= 0.6 is 0 Å². The summed E-state index contributed by atoms with van der Waals surface area (Å²) < 4.78 is 10.8. The molecule has 0 heterocycles. The average Bonchev–Trinajstić information content (AvgIpc) is 2.39. The summed E-state index contributed by atoms with van der Waals surface area (Å²) in [6.07, 6.45) is -0.567. The SMILES string of the molecule is CC(C)NCCOCC(O)COCc1ccccc1. The van der Waals surface area contributed by atoms with Gasteiger partial charge in [-0.05, 0) is 5.56 Å². The molecule has 2 N–H and O–H groups in total. The van der Waals surface area contributed by atoms with Crippen molar-refractivity contribution in [3.63, 3.8) is 0 Å². The molecule has 19 heavy (non-hydrogen) atoms. The average molecular weight is 267 g/mol. The van der Waals surface area contributed by atoms with Gasteiger partial charge in [-0.25, -0.2) is 0 Å². The Labute approximate surface area is 115 Å². The Morgan fingerprint density at radius 2 is 1.79 bits per heavy atom. The van der Waals surface area contributed by atoms with Gasteiger partial charge in [-0.2, -0.15) is 0 Å². The molecule has 4 heteroatoms. The minimum Gasteiger partial charge on any atom is -0.388 e. The number of benzene rings is 1. The van der Waals surface area contributed by atoms with Crippen molar-refractivity contribution in [2.45, 2.75) is 32.6 Å². The molecule has 0 amide bonds. The first kappa shape index (κ1) is 16.1. The van der Waals surface area contributed by atoms with Gasteiger partial charge in [-0.15, -0.1) is 0 Å². The Kier molecular flexibility index (Phi) is 8.41. The molecule has 108 valence electrons. The molecular weight excluding hydrogens is 242 g/mol. The van der Waals surface area contributed by atoms with Crippen molar-refractivity contribution in [1.29, 1.82) is 0 Å². The van der Waals surface area contributed by atoms with E-state index in [9.17, 15) is 5.11 Å². The van der Waals surface area contributed by atoms with Gasteiger partial charge in [0.1, 0.15) is 6.10 Å². The van der Waals surface area contributed by atoms with Gasteiger partial charge in [0.25, 0.3) is 0 Å². The highest BCUT2D eigenvalue weighted by atomic mass is 16.5. The monoisotopic (exact) mass is 267 g/mol. The van der Waals surface area contributed by atoms with E-state index in [1.807, 2.05) is 30.3 Å². The van der Waals surface area contributed by atoms with E-state index >= 15 is 0 Å². The van der Waals surface area contributed by atoms with Crippen LogP contribution in [0, 0.1) is 0 Å². The summed E-state index contributed by atoms with van der Waals surface area (Å²) in [5.41, 5.74) is 1.11. The lowest BCUT2D eigenvalue weighted by atomic mass is 10.2. The number of rotatable bonds is 10. The molecular formula is C15H25NO3. The van der Waals surface area contributed by atoms with Gasteiger partial charge in [0, 0.05) is 12.6 Å². The molecule has 1 rings (SSSR count). The maximum absolute atomic E-state index is 9.67. The second-order valence-corrected chi connectivity index (χ2v) is 4.84. The molecule has 0 spiro atoms. The lowest BCUT2D eigenvalue weighted by molar-refractivity contribution is -0.0228. The Morgan fingerprint density at radius 1 is 1.11 bits per heavy atom. The first-order chi connectivity index (χ1) is 9.18. The van der Waals surface area contributed by atoms with Crippen LogP contribution in [0.15, 0.2) is 30.3 Å². The van der Waals surface area contributed by atoms with E-state index in [1.54, 1.807) is 0 Å². The number of aliphatic hydroxyl groups excluding tert-OH is 1. The largest absolute Gasteiger partial charge is 0.388 e. The van der Waals surface area contributed by atoms with Gasteiger partial charge >= 0.3 is 0 Å². The highest BCUT2D eigenvalue weighted by Gasteiger charge is 2.04. The third-order valence-corrected chi connectivity index (χ3v) is 2.53. The minimum absolute atomic E-state index is 0.298. The van der Waals surface area contributed by atoms with Crippen LogP contribution in [-0.4, -0.2) is 43.6 Å². The van der Waals surface area contributed by atoms with Crippen molar-refractivity contribution in [2.75, 3.05) is 26.4 Å². The topological polar surface area (TPSA) is 50.7 Å². The second-order valence-electron chi connectivity index (χ2n) is 4.84. The molecule has 4 nitrogen and oxygen atoms in total. The van der Waals surface area contributed by atoms with Crippen molar-refractivity contribution in [3.8, 4) is 0 Å². The normalized spacial score (nSPS) is 12.8. The van der Waals surface area contributed by atoms with E-state index in [4.69, 9.17) is 9.47 Å². The van der Waals surface area contributed by atoms with Gasteiger partial charge < -0.3 is 19.9 Å². The minimum atomic E-state index is -0.567. The summed E-state index contributed by atoms with van der Waals surface area (Å²) in [7, 11) is 0. The van der Waals surface area contributed by atoms with Crippen molar-refractivity contribution >= 4 is 0 Å². The van der Waals surface area contributed by atoms with Crippen molar-refractivity contribution < 1.29 is 14.6 Å². The van der Waals surface area contributed by atoms with Crippen LogP contribution < -0.4 is 5.32 Å². The summed E-state index contributed by atoms with van der Waals surface area (Å²) in [5, 5.41) is 12.9. The number of nitrogens with one attached hydrogen (secondary N) is 1. The highest BCUT2D eigenvalue weighted by molar-refractivity contribution is 5.13. The molecule has 0 aliphatic rings. The van der Waals surface area contributed by atoms with Crippen molar-refractivity contribution in [2.24, 2.45) is 0 Å². The van der Waals surface area contributed by atoms with E-state index in [0.29, 0.717) is 32.5 Å². The molecule has 0 aliphatic heterocycles. The fourth-order valence-electron chi connectivity index (χ4n) is 1.57. The molecule has 0 fully saturated rings. The Morgan fingerprint density at radius 3 is 2.47 bits per heavy atom. The van der Waals surface area contributed by atoms with Crippen LogP contribution in [0.4, 0.5) is 0 Å². The number of aliphatic hydroxyl groups is 1. The quantitative estimate of drug-likeness (QED) is 0.632. The van der Waals surface area contributed by atoms with E-state index in [1.165, 1.54) is 0 Å². The molecule has 0 aromatic heterocycles. The van der Waals surface area contributed by atoms with Gasteiger partial charge in [0.05, 0.1) is 26.4 Å². The summed E-state index contributed by atoms with van der Waals surface area (Å²) in [6.45, 7) is 6.72. The van der Waals surface area contributed by atoms with E-state index in [-0.39, 0.29) is 0 Å². The number of hydrogen-bond donors (Lipinski definition) is 2. The van der Waals surface area contributed by atoms with E-state index < -0.39 is 6.10 Å². The maximum Gasteiger partial charge on any atom is 0.101 e. The molecule has 1 aromatic carbocycles. The van der Waals surface area contributed by atoms with Crippen LogP contribution in [0.3, 0.4) is 0 Å². The zero-order valence-corrected chi connectivity index (χ0v) is 11.8. The predicted octanol–water partition coefficient (Wildman–Crippen LogP) is 1.58. The first-order valence-electron chi connectivity index (χ1n) is 6.79. The van der Waals surface area contributed by atoms with Crippen LogP contribution in [0.25, 0.3) is 0 Å². The van der Waals surface area contributed by atoms with Crippen LogP contribution in [0.1, 0.15) is 19.4 Å². The zero-order chi connectivity index (χ0) is 13.9. The third-order valence-electron chi connectivity index (χ3n) is 2.53. The smallest absolute Gasteiger partial charge is 0.101 e. The number of hydrogen-bond acceptors (Lipinski definition) is 4. The number of ether oxygens (including phenoxy) is 2. The van der Waals surface area contributed by atoms with Crippen LogP contribution in [0.5, 0.6) is 0 Å².